The van der Waals surface area contributed by atoms with Gasteiger partial charge in [0.1, 0.15) is 18.1 Å². The number of hydrogen-bond donors (Lipinski definition) is 0. The number of thiophene rings is 1. The number of fused-ring (bicyclic) bond motifs is 1. The number of nitrogens with zero attached hydrogens (tertiary/aromatic N) is 2. The van der Waals surface area contributed by atoms with Gasteiger partial charge in [-0.25, -0.2) is 0 Å². The third kappa shape index (κ3) is 2.35. The molecule has 5 nitrogen and oxygen atoms in total. The van der Waals surface area contributed by atoms with E-state index in [2.05, 4.69) is 10.1 Å². The van der Waals surface area contributed by atoms with E-state index in [4.69, 9.17) is 14.0 Å². The van der Waals surface area contributed by atoms with E-state index in [-0.39, 0.29) is 5.92 Å². The fourth-order valence-electron chi connectivity index (χ4n) is 2.55. The molecule has 0 bridgehead atoms. The van der Waals surface area contributed by atoms with Crippen molar-refractivity contribution in [3.63, 3.8) is 0 Å². The molecule has 1 aromatic carbocycles. The lowest BCUT2D eigenvalue weighted by molar-refractivity contribution is 0.229. The van der Waals surface area contributed by atoms with Crippen molar-refractivity contribution in [3.05, 3.63) is 46.5 Å². The first-order chi connectivity index (χ1) is 10.8. The van der Waals surface area contributed by atoms with Crippen molar-refractivity contribution in [2.45, 2.75) is 12.3 Å². The highest BCUT2D eigenvalue weighted by molar-refractivity contribution is 7.08. The van der Waals surface area contributed by atoms with Crippen molar-refractivity contribution in [3.8, 4) is 22.9 Å². The minimum absolute atomic E-state index is 0.0841. The van der Waals surface area contributed by atoms with Crippen molar-refractivity contribution < 1.29 is 14.0 Å². The first kappa shape index (κ1) is 13.3. The lowest BCUT2D eigenvalue weighted by Gasteiger charge is -2.23. The summed E-state index contributed by atoms with van der Waals surface area (Å²) < 4.78 is 16.5. The smallest absolute Gasteiger partial charge is 0.233 e. The fraction of sp³-hybridized carbons (Fsp3) is 0.250. The van der Waals surface area contributed by atoms with Crippen molar-refractivity contribution in [2.24, 2.45) is 0 Å². The average molecular weight is 314 g/mol. The van der Waals surface area contributed by atoms with E-state index in [1.807, 2.05) is 35.0 Å². The van der Waals surface area contributed by atoms with E-state index < -0.39 is 0 Å². The van der Waals surface area contributed by atoms with Gasteiger partial charge in [-0.2, -0.15) is 16.3 Å². The van der Waals surface area contributed by atoms with Crippen LogP contribution >= 0.6 is 11.3 Å². The van der Waals surface area contributed by atoms with Gasteiger partial charge >= 0.3 is 0 Å². The second-order valence-electron chi connectivity index (χ2n) is 5.15. The van der Waals surface area contributed by atoms with Crippen LogP contribution in [0, 0.1) is 0 Å². The molecule has 112 valence electrons. The van der Waals surface area contributed by atoms with Crippen LogP contribution < -0.4 is 9.47 Å². The number of rotatable bonds is 3. The number of aromatic nitrogens is 2. The van der Waals surface area contributed by atoms with E-state index in [0.29, 0.717) is 18.3 Å². The largest absolute Gasteiger partial charge is 0.497 e. The molecule has 4 rings (SSSR count). The van der Waals surface area contributed by atoms with Gasteiger partial charge < -0.3 is 14.0 Å². The number of hydrogen-bond acceptors (Lipinski definition) is 6. The Kier molecular flexibility index (Phi) is 3.31. The summed E-state index contributed by atoms with van der Waals surface area (Å²) in [7, 11) is 1.65. The van der Waals surface area contributed by atoms with Gasteiger partial charge in [-0.3, -0.25) is 0 Å². The Balaban J connectivity index is 1.57. The molecule has 0 N–H and O–H groups in total. The van der Waals surface area contributed by atoms with Crippen molar-refractivity contribution in [1.29, 1.82) is 0 Å². The van der Waals surface area contributed by atoms with E-state index in [9.17, 15) is 0 Å². The van der Waals surface area contributed by atoms with Crippen molar-refractivity contribution >= 4 is 11.3 Å². The molecular weight excluding hydrogens is 300 g/mol. The van der Waals surface area contributed by atoms with Gasteiger partial charge in [0.15, 0.2) is 0 Å². The molecular formula is C16H14N2O3S. The summed E-state index contributed by atoms with van der Waals surface area (Å²) in [5, 5.41) is 8.07. The zero-order chi connectivity index (χ0) is 14.9. The van der Waals surface area contributed by atoms with Gasteiger partial charge in [-0.05, 0) is 29.5 Å². The van der Waals surface area contributed by atoms with Gasteiger partial charge in [0.2, 0.25) is 11.7 Å². The van der Waals surface area contributed by atoms with Gasteiger partial charge in [0.05, 0.1) is 13.0 Å². The van der Waals surface area contributed by atoms with Crippen LogP contribution in [0.15, 0.2) is 39.5 Å². The Morgan fingerprint density at radius 3 is 3.09 bits per heavy atom. The Morgan fingerprint density at radius 1 is 1.32 bits per heavy atom. The molecule has 0 saturated heterocycles. The maximum Gasteiger partial charge on any atom is 0.233 e. The molecule has 0 radical (unpaired) electrons. The predicted octanol–water partition coefficient (Wildman–Crippen LogP) is 3.53. The highest BCUT2D eigenvalue weighted by Crippen LogP contribution is 2.34. The maximum absolute atomic E-state index is 5.83. The Morgan fingerprint density at radius 2 is 2.27 bits per heavy atom. The number of ether oxygens (including phenoxy) is 2. The number of methoxy groups -OCH3 is 1. The molecule has 0 fully saturated rings. The highest BCUT2D eigenvalue weighted by Gasteiger charge is 2.26. The first-order valence-corrected chi connectivity index (χ1v) is 7.93. The standard InChI is InChI=1S/C16H14N2O3S/c1-19-13-3-2-10-6-12(8-20-14(10)7-13)16-17-15(18-21-16)11-4-5-22-9-11/h2-5,7,9,12H,6,8H2,1H3. The third-order valence-corrected chi connectivity index (χ3v) is 4.43. The number of benzene rings is 1. The third-order valence-electron chi connectivity index (χ3n) is 3.75. The van der Waals surface area contributed by atoms with Gasteiger partial charge in [-0.1, -0.05) is 11.2 Å². The molecule has 0 saturated carbocycles. The van der Waals surface area contributed by atoms with E-state index in [1.165, 1.54) is 0 Å². The SMILES string of the molecule is COc1ccc2c(c1)OCC(c1nc(-c3ccsc3)no1)C2. The van der Waals surface area contributed by atoms with Crippen molar-refractivity contribution in [1.82, 2.24) is 10.1 Å². The van der Waals surface area contributed by atoms with Crippen molar-refractivity contribution in [2.75, 3.05) is 13.7 Å². The minimum Gasteiger partial charge on any atom is -0.497 e. The monoisotopic (exact) mass is 314 g/mol. The summed E-state index contributed by atoms with van der Waals surface area (Å²) in [6.07, 6.45) is 0.824. The van der Waals surface area contributed by atoms with Crippen LogP contribution in [0.25, 0.3) is 11.4 Å². The molecule has 1 aliphatic rings. The molecule has 0 spiro atoms. The highest BCUT2D eigenvalue weighted by atomic mass is 32.1. The van der Waals surface area contributed by atoms with E-state index in [1.54, 1.807) is 18.4 Å². The summed E-state index contributed by atoms with van der Waals surface area (Å²) in [5.74, 6) is 3.02. The van der Waals surface area contributed by atoms with Gasteiger partial charge in [-0.15, -0.1) is 0 Å². The molecule has 0 aliphatic carbocycles. The molecule has 1 unspecified atom stereocenters. The fourth-order valence-corrected chi connectivity index (χ4v) is 3.18. The van der Waals surface area contributed by atoms with Crippen LogP contribution in [0.2, 0.25) is 0 Å². The summed E-state index contributed by atoms with van der Waals surface area (Å²) >= 11 is 1.62. The average Bonchev–Trinajstić information content (AvgIpc) is 3.24. The minimum atomic E-state index is 0.0841. The topological polar surface area (TPSA) is 57.4 Å². The molecule has 1 atom stereocenters. The van der Waals surface area contributed by atoms with E-state index in [0.717, 1.165) is 29.0 Å². The normalized spacial score (nSPS) is 16.9. The molecule has 6 heteroatoms. The van der Waals surface area contributed by atoms with Crippen LogP contribution in [-0.2, 0) is 6.42 Å². The van der Waals surface area contributed by atoms with Crippen LogP contribution in [0.1, 0.15) is 17.4 Å². The van der Waals surface area contributed by atoms with Gasteiger partial charge in [0.25, 0.3) is 0 Å². The summed E-state index contributed by atoms with van der Waals surface area (Å²) in [6, 6.07) is 7.86. The predicted molar refractivity (Wildman–Crippen MR) is 82.5 cm³/mol. The second-order valence-corrected chi connectivity index (χ2v) is 5.93. The van der Waals surface area contributed by atoms with Gasteiger partial charge in [0, 0.05) is 17.0 Å². The quantitative estimate of drug-likeness (QED) is 0.740. The maximum atomic E-state index is 5.83. The summed E-state index contributed by atoms with van der Waals surface area (Å²) in [6.45, 7) is 0.533. The molecule has 3 heterocycles. The first-order valence-electron chi connectivity index (χ1n) is 6.99. The molecule has 2 aromatic heterocycles. The molecule has 3 aromatic rings. The van der Waals surface area contributed by atoms with Crippen LogP contribution in [0.5, 0.6) is 11.5 Å². The zero-order valence-electron chi connectivity index (χ0n) is 12.0. The Labute approximate surface area is 131 Å². The lowest BCUT2D eigenvalue weighted by Crippen LogP contribution is -2.19. The zero-order valence-corrected chi connectivity index (χ0v) is 12.8. The van der Waals surface area contributed by atoms with E-state index >= 15 is 0 Å². The second kappa shape index (κ2) is 5.46. The van der Waals surface area contributed by atoms with Crippen LogP contribution in [0.4, 0.5) is 0 Å². The Bertz CT molecular complexity index is 783. The summed E-state index contributed by atoms with van der Waals surface area (Å²) in [5.41, 5.74) is 2.12. The molecule has 0 amide bonds. The lowest BCUT2D eigenvalue weighted by atomic mass is 9.96. The van der Waals surface area contributed by atoms with Crippen LogP contribution in [-0.4, -0.2) is 23.9 Å². The molecule has 1 aliphatic heterocycles. The molecule has 22 heavy (non-hydrogen) atoms. The summed E-state index contributed by atoms with van der Waals surface area (Å²) in [4.78, 5) is 4.51. The van der Waals surface area contributed by atoms with Crippen LogP contribution in [0.3, 0.4) is 0 Å². The Hall–Kier alpha value is -2.34.